The fourth-order valence-corrected chi connectivity index (χ4v) is 3.01. The van der Waals surface area contributed by atoms with E-state index in [4.69, 9.17) is 0 Å². The molecule has 1 aromatic rings. The zero-order valence-electron chi connectivity index (χ0n) is 14.8. The molecule has 136 valence electrons. The Kier molecular flexibility index (Phi) is 7.47. The molecule has 3 amide bonds. The van der Waals surface area contributed by atoms with Crippen LogP contribution < -0.4 is 21.3 Å². The number of hydrogen-bond donors (Lipinski definition) is 4. The molecule has 0 saturated carbocycles. The van der Waals surface area contributed by atoms with Crippen LogP contribution in [0.4, 0.5) is 16.2 Å². The molecule has 2 rings (SSSR count). The Morgan fingerprint density at radius 2 is 1.96 bits per heavy atom. The first-order valence-corrected chi connectivity index (χ1v) is 8.85. The van der Waals surface area contributed by atoms with Gasteiger partial charge in [-0.25, -0.2) is 4.79 Å². The summed E-state index contributed by atoms with van der Waals surface area (Å²) in [5.41, 5.74) is 1.40. The van der Waals surface area contributed by atoms with Gasteiger partial charge >= 0.3 is 6.03 Å². The molecular weight excluding hydrogens is 316 g/mol. The van der Waals surface area contributed by atoms with Gasteiger partial charge in [-0.2, -0.15) is 0 Å². The number of hydrogen-bond acceptors (Lipinski definition) is 3. The summed E-state index contributed by atoms with van der Waals surface area (Å²) in [6.07, 6.45) is 4.51. The summed E-state index contributed by atoms with van der Waals surface area (Å²) < 4.78 is 0. The van der Waals surface area contributed by atoms with E-state index in [2.05, 4.69) is 34.8 Å². The summed E-state index contributed by atoms with van der Waals surface area (Å²) in [4.78, 5) is 23.8. The molecule has 4 N–H and O–H groups in total. The second-order valence-corrected chi connectivity index (χ2v) is 6.54. The summed E-state index contributed by atoms with van der Waals surface area (Å²) in [6.45, 7) is 8.19. The number of piperidine rings is 1. The van der Waals surface area contributed by atoms with Crippen LogP contribution in [0.5, 0.6) is 0 Å². The number of amides is 3. The van der Waals surface area contributed by atoms with Crippen LogP contribution in [0, 0.1) is 11.8 Å². The van der Waals surface area contributed by atoms with E-state index in [1.54, 1.807) is 30.3 Å². The van der Waals surface area contributed by atoms with Crippen LogP contribution in [0.2, 0.25) is 0 Å². The minimum Gasteiger partial charge on any atom is -0.334 e. The van der Waals surface area contributed by atoms with Crippen molar-refractivity contribution in [3.63, 3.8) is 0 Å². The average molecular weight is 344 g/mol. The molecule has 1 aliphatic heterocycles. The minimum absolute atomic E-state index is 0.0301. The van der Waals surface area contributed by atoms with Gasteiger partial charge < -0.3 is 21.3 Å². The number of anilines is 2. The van der Waals surface area contributed by atoms with Crippen LogP contribution in [-0.2, 0) is 4.79 Å². The van der Waals surface area contributed by atoms with Crippen molar-refractivity contribution in [2.45, 2.75) is 26.2 Å². The molecule has 0 aromatic heterocycles. The van der Waals surface area contributed by atoms with Crippen molar-refractivity contribution in [1.82, 2.24) is 10.6 Å². The molecule has 2 atom stereocenters. The molecule has 1 saturated heterocycles. The number of carbonyl (C=O) groups excluding carboxylic acids is 2. The summed E-state index contributed by atoms with van der Waals surface area (Å²) >= 11 is 0. The number of rotatable bonds is 7. The molecule has 1 heterocycles. The van der Waals surface area contributed by atoms with E-state index in [9.17, 15) is 9.59 Å². The maximum absolute atomic E-state index is 12.2. The Hall–Kier alpha value is -2.34. The molecule has 25 heavy (non-hydrogen) atoms. The van der Waals surface area contributed by atoms with Crippen molar-refractivity contribution < 1.29 is 9.59 Å². The molecule has 1 fully saturated rings. The molecule has 6 heteroatoms. The predicted octanol–water partition coefficient (Wildman–Crippen LogP) is 2.96. The van der Waals surface area contributed by atoms with Crippen LogP contribution >= 0.6 is 0 Å². The van der Waals surface area contributed by atoms with Gasteiger partial charge in [0.1, 0.15) is 0 Å². The third-order valence-electron chi connectivity index (χ3n) is 4.48. The van der Waals surface area contributed by atoms with E-state index in [-0.39, 0.29) is 11.9 Å². The fraction of sp³-hybridized carbons (Fsp3) is 0.474. The van der Waals surface area contributed by atoms with Gasteiger partial charge in [0.15, 0.2) is 0 Å². The van der Waals surface area contributed by atoms with Crippen molar-refractivity contribution in [3.8, 4) is 0 Å². The lowest BCUT2D eigenvalue weighted by Crippen LogP contribution is -2.34. The highest BCUT2D eigenvalue weighted by atomic mass is 16.2. The highest BCUT2D eigenvalue weighted by Crippen LogP contribution is 2.23. The van der Waals surface area contributed by atoms with Gasteiger partial charge in [-0.15, -0.1) is 6.58 Å². The van der Waals surface area contributed by atoms with Gasteiger partial charge in [0.2, 0.25) is 5.91 Å². The zero-order valence-corrected chi connectivity index (χ0v) is 14.8. The standard InChI is InChI=1S/C19H28N4O2/c1-3-10-21-19(25)23-17-8-6-16(7-9-17)22-18(24)12-14(2)15-5-4-11-20-13-15/h3,6-9,14-15,20H,1,4-5,10-13H2,2H3,(H,22,24)(H2,21,23,25). The molecule has 1 aromatic carbocycles. The number of carbonyl (C=O) groups is 2. The lowest BCUT2D eigenvalue weighted by atomic mass is 9.85. The van der Waals surface area contributed by atoms with E-state index < -0.39 is 0 Å². The number of urea groups is 1. The fourth-order valence-electron chi connectivity index (χ4n) is 3.01. The van der Waals surface area contributed by atoms with E-state index in [0.717, 1.165) is 18.8 Å². The Bertz CT molecular complexity index is 580. The third-order valence-corrected chi connectivity index (χ3v) is 4.48. The second kappa shape index (κ2) is 9.84. The van der Waals surface area contributed by atoms with Gasteiger partial charge in [-0.05, 0) is 62.0 Å². The van der Waals surface area contributed by atoms with Gasteiger partial charge in [-0.3, -0.25) is 4.79 Å². The summed E-state index contributed by atoms with van der Waals surface area (Å²) in [6, 6.07) is 6.81. The monoisotopic (exact) mass is 344 g/mol. The Morgan fingerprint density at radius 3 is 2.56 bits per heavy atom. The molecule has 6 nitrogen and oxygen atoms in total. The Labute approximate surface area is 149 Å². The summed E-state index contributed by atoms with van der Waals surface area (Å²) in [5, 5.41) is 11.7. The average Bonchev–Trinajstić information content (AvgIpc) is 2.62. The molecule has 0 spiro atoms. The number of nitrogens with one attached hydrogen (secondary N) is 4. The van der Waals surface area contributed by atoms with Crippen molar-refractivity contribution >= 4 is 23.3 Å². The lowest BCUT2D eigenvalue weighted by Gasteiger charge is -2.28. The van der Waals surface area contributed by atoms with E-state index >= 15 is 0 Å². The third kappa shape index (κ3) is 6.58. The van der Waals surface area contributed by atoms with Crippen molar-refractivity contribution in [3.05, 3.63) is 36.9 Å². The second-order valence-electron chi connectivity index (χ2n) is 6.54. The molecule has 0 radical (unpaired) electrons. The Balaban J connectivity index is 1.78. The van der Waals surface area contributed by atoms with E-state index in [0.29, 0.717) is 30.5 Å². The van der Waals surface area contributed by atoms with Crippen LogP contribution in [-0.4, -0.2) is 31.6 Å². The first kappa shape index (κ1) is 19.0. The molecular formula is C19H28N4O2. The van der Waals surface area contributed by atoms with Gasteiger partial charge in [0.05, 0.1) is 0 Å². The van der Waals surface area contributed by atoms with Crippen LogP contribution in [0.1, 0.15) is 26.2 Å². The van der Waals surface area contributed by atoms with Crippen molar-refractivity contribution in [2.75, 3.05) is 30.3 Å². The summed E-state index contributed by atoms with van der Waals surface area (Å²) in [5.74, 6) is 0.963. The maximum atomic E-state index is 12.2. The van der Waals surface area contributed by atoms with Crippen molar-refractivity contribution in [2.24, 2.45) is 11.8 Å². The zero-order chi connectivity index (χ0) is 18.1. The number of benzene rings is 1. The normalized spacial score (nSPS) is 18.0. The van der Waals surface area contributed by atoms with Crippen LogP contribution in [0.25, 0.3) is 0 Å². The highest BCUT2D eigenvalue weighted by Gasteiger charge is 2.22. The molecule has 1 aliphatic rings. The van der Waals surface area contributed by atoms with Crippen LogP contribution in [0.15, 0.2) is 36.9 Å². The van der Waals surface area contributed by atoms with E-state index in [1.807, 2.05) is 0 Å². The molecule has 2 unspecified atom stereocenters. The highest BCUT2D eigenvalue weighted by molar-refractivity contribution is 5.92. The first-order valence-electron chi connectivity index (χ1n) is 8.85. The quantitative estimate of drug-likeness (QED) is 0.574. The van der Waals surface area contributed by atoms with Gasteiger partial charge in [0, 0.05) is 24.3 Å². The minimum atomic E-state index is -0.286. The smallest absolute Gasteiger partial charge is 0.319 e. The van der Waals surface area contributed by atoms with E-state index in [1.165, 1.54) is 12.8 Å². The molecule has 0 aliphatic carbocycles. The molecule has 0 bridgehead atoms. The summed E-state index contributed by atoms with van der Waals surface area (Å²) in [7, 11) is 0. The lowest BCUT2D eigenvalue weighted by molar-refractivity contribution is -0.117. The maximum Gasteiger partial charge on any atom is 0.319 e. The van der Waals surface area contributed by atoms with Crippen LogP contribution in [0.3, 0.4) is 0 Å². The van der Waals surface area contributed by atoms with Gasteiger partial charge in [-0.1, -0.05) is 13.0 Å². The Morgan fingerprint density at radius 1 is 1.28 bits per heavy atom. The largest absolute Gasteiger partial charge is 0.334 e. The predicted molar refractivity (Wildman–Crippen MR) is 102 cm³/mol. The van der Waals surface area contributed by atoms with Crippen molar-refractivity contribution in [1.29, 1.82) is 0 Å². The SMILES string of the molecule is C=CCNC(=O)Nc1ccc(NC(=O)CC(C)C2CCCNC2)cc1. The van der Waals surface area contributed by atoms with Gasteiger partial charge in [0.25, 0.3) is 0 Å². The topological polar surface area (TPSA) is 82.3 Å². The first-order chi connectivity index (χ1) is 12.1.